The SMILES string of the molecule is Cc1ccc(CS)cc1F. The molecule has 2 heteroatoms. The second kappa shape index (κ2) is 3.06. The van der Waals surface area contributed by atoms with Gasteiger partial charge in [0.25, 0.3) is 0 Å². The number of benzene rings is 1. The minimum absolute atomic E-state index is 0.147. The summed E-state index contributed by atoms with van der Waals surface area (Å²) in [4.78, 5) is 0. The molecule has 1 aromatic carbocycles. The Morgan fingerprint density at radius 3 is 2.70 bits per heavy atom. The molecule has 0 atom stereocenters. The maximum Gasteiger partial charge on any atom is 0.126 e. The van der Waals surface area contributed by atoms with Crippen LogP contribution in [0.25, 0.3) is 0 Å². The molecule has 0 aliphatic heterocycles. The molecule has 0 amide bonds. The highest BCUT2D eigenvalue weighted by Crippen LogP contribution is 2.10. The molecule has 0 radical (unpaired) electrons. The molecule has 0 unspecified atom stereocenters. The van der Waals surface area contributed by atoms with Crippen molar-refractivity contribution in [2.45, 2.75) is 12.7 Å². The third-order valence-corrected chi connectivity index (χ3v) is 1.78. The fraction of sp³-hybridized carbons (Fsp3) is 0.250. The topological polar surface area (TPSA) is 0 Å². The molecular formula is C8H9FS. The molecule has 0 aliphatic carbocycles. The zero-order valence-corrected chi connectivity index (χ0v) is 6.66. The molecule has 0 fully saturated rings. The van der Waals surface area contributed by atoms with Crippen molar-refractivity contribution in [2.24, 2.45) is 0 Å². The largest absolute Gasteiger partial charge is 0.207 e. The van der Waals surface area contributed by atoms with Gasteiger partial charge in [-0.15, -0.1) is 0 Å². The van der Waals surface area contributed by atoms with Crippen LogP contribution in [0.1, 0.15) is 11.1 Å². The van der Waals surface area contributed by atoms with E-state index in [9.17, 15) is 4.39 Å². The van der Waals surface area contributed by atoms with Crippen LogP contribution in [0.15, 0.2) is 18.2 Å². The summed E-state index contributed by atoms with van der Waals surface area (Å²) in [5.74, 6) is 0.448. The van der Waals surface area contributed by atoms with Gasteiger partial charge >= 0.3 is 0 Å². The Balaban J connectivity index is 3.04. The van der Waals surface area contributed by atoms with Crippen molar-refractivity contribution in [1.29, 1.82) is 0 Å². The van der Waals surface area contributed by atoms with E-state index >= 15 is 0 Å². The molecule has 10 heavy (non-hydrogen) atoms. The molecule has 0 spiro atoms. The number of hydrogen-bond donors (Lipinski definition) is 1. The van der Waals surface area contributed by atoms with E-state index in [1.54, 1.807) is 13.0 Å². The van der Waals surface area contributed by atoms with Crippen LogP contribution in [-0.4, -0.2) is 0 Å². The number of halogens is 1. The van der Waals surface area contributed by atoms with E-state index in [4.69, 9.17) is 0 Å². The van der Waals surface area contributed by atoms with Crippen LogP contribution in [0.3, 0.4) is 0 Å². The molecule has 0 aromatic heterocycles. The van der Waals surface area contributed by atoms with Gasteiger partial charge in [-0.3, -0.25) is 0 Å². The van der Waals surface area contributed by atoms with Crippen LogP contribution in [-0.2, 0) is 5.75 Å². The predicted molar refractivity (Wildman–Crippen MR) is 43.8 cm³/mol. The summed E-state index contributed by atoms with van der Waals surface area (Å²) >= 11 is 4.02. The van der Waals surface area contributed by atoms with Gasteiger partial charge in [0.05, 0.1) is 0 Å². The van der Waals surface area contributed by atoms with Crippen LogP contribution in [0, 0.1) is 12.7 Å². The minimum atomic E-state index is -0.147. The number of hydrogen-bond acceptors (Lipinski definition) is 1. The van der Waals surface area contributed by atoms with E-state index in [1.807, 2.05) is 6.07 Å². The van der Waals surface area contributed by atoms with Gasteiger partial charge < -0.3 is 0 Å². The third-order valence-electron chi connectivity index (χ3n) is 1.42. The first-order valence-electron chi connectivity index (χ1n) is 3.10. The smallest absolute Gasteiger partial charge is 0.126 e. The standard InChI is InChI=1S/C8H9FS/c1-6-2-3-7(5-10)4-8(6)9/h2-4,10H,5H2,1H3. The lowest BCUT2D eigenvalue weighted by Crippen LogP contribution is -1.84. The predicted octanol–water partition coefficient (Wildman–Crippen LogP) is 2.56. The van der Waals surface area contributed by atoms with Crippen LogP contribution in [0.2, 0.25) is 0 Å². The lowest BCUT2D eigenvalue weighted by Gasteiger charge is -1.97. The van der Waals surface area contributed by atoms with Gasteiger partial charge in [-0.25, -0.2) is 4.39 Å². The first kappa shape index (κ1) is 7.61. The van der Waals surface area contributed by atoms with Crippen molar-refractivity contribution < 1.29 is 4.39 Å². The van der Waals surface area contributed by atoms with E-state index in [-0.39, 0.29) is 5.82 Å². The van der Waals surface area contributed by atoms with Crippen molar-refractivity contribution in [2.75, 3.05) is 0 Å². The molecule has 0 N–H and O–H groups in total. The molecule has 0 saturated carbocycles. The van der Waals surface area contributed by atoms with Crippen LogP contribution < -0.4 is 0 Å². The van der Waals surface area contributed by atoms with Crippen LogP contribution in [0.5, 0.6) is 0 Å². The van der Waals surface area contributed by atoms with Crippen molar-refractivity contribution in [3.05, 3.63) is 35.1 Å². The van der Waals surface area contributed by atoms with E-state index in [0.717, 1.165) is 5.56 Å². The van der Waals surface area contributed by atoms with Crippen molar-refractivity contribution in [1.82, 2.24) is 0 Å². The lowest BCUT2D eigenvalue weighted by molar-refractivity contribution is 0.617. The summed E-state index contributed by atoms with van der Waals surface area (Å²) in [5.41, 5.74) is 1.61. The summed E-state index contributed by atoms with van der Waals surface area (Å²) in [6.45, 7) is 1.75. The zero-order valence-electron chi connectivity index (χ0n) is 5.76. The third kappa shape index (κ3) is 1.51. The average molecular weight is 156 g/mol. The first-order valence-corrected chi connectivity index (χ1v) is 3.73. The Kier molecular flexibility index (Phi) is 2.33. The molecule has 1 rings (SSSR count). The normalized spacial score (nSPS) is 9.90. The highest BCUT2D eigenvalue weighted by Gasteiger charge is 1.96. The summed E-state index contributed by atoms with van der Waals surface area (Å²) in [6, 6.07) is 5.16. The van der Waals surface area contributed by atoms with Gasteiger partial charge in [-0.1, -0.05) is 12.1 Å². The molecule has 54 valence electrons. The van der Waals surface area contributed by atoms with Crippen molar-refractivity contribution in [3.63, 3.8) is 0 Å². The second-order valence-corrected chi connectivity index (χ2v) is 2.56. The quantitative estimate of drug-likeness (QED) is 0.593. The van der Waals surface area contributed by atoms with Gasteiger partial charge in [-0.2, -0.15) is 12.6 Å². The maximum atomic E-state index is 12.7. The number of thiol groups is 1. The van der Waals surface area contributed by atoms with Gasteiger partial charge in [0.2, 0.25) is 0 Å². The summed E-state index contributed by atoms with van der Waals surface area (Å²) in [5, 5.41) is 0. The number of rotatable bonds is 1. The van der Waals surface area contributed by atoms with Gasteiger partial charge in [0.15, 0.2) is 0 Å². The van der Waals surface area contributed by atoms with E-state index in [2.05, 4.69) is 12.6 Å². The summed E-state index contributed by atoms with van der Waals surface area (Å²) in [7, 11) is 0. The van der Waals surface area contributed by atoms with Crippen LogP contribution in [0.4, 0.5) is 4.39 Å². The molecule has 0 saturated heterocycles. The Bertz CT molecular complexity index is 233. The van der Waals surface area contributed by atoms with Gasteiger partial charge in [0.1, 0.15) is 5.82 Å². The van der Waals surface area contributed by atoms with Crippen molar-refractivity contribution in [3.8, 4) is 0 Å². The van der Waals surface area contributed by atoms with Crippen LogP contribution >= 0.6 is 12.6 Å². The van der Waals surface area contributed by atoms with E-state index < -0.39 is 0 Å². The minimum Gasteiger partial charge on any atom is -0.207 e. The molecular weight excluding hydrogens is 147 g/mol. The highest BCUT2D eigenvalue weighted by molar-refractivity contribution is 7.79. The fourth-order valence-electron chi connectivity index (χ4n) is 0.735. The lowest BCUT2D eigenvalue weighted by atomic mass is 10.2. The van der Waals surface area contributed by atoms with Gasteiger partial charge in [0, 0.05) is 5.75 Å². The first-order chi connectivity index (χ1) is 4.74. The van der Waals surface area contributed by atoms with Gasteiger partial charge in [-0.05, 0) is 24.1 Å². The molecule has 1 aromatic rings. The molecule has 0 nitrogen and oxygen atoms in total. The Labute approximate surface area is 65.5 Å². The Hall–Kier alpha value is -0.500. The Morgan fingerprint density at radius 2 is 2.20 bits per heavy atom. The summed E-state index contributed by atoms with van der Waals surface area (Å²) in [6.07, 6.45) is 0. The molecule has 0 aliphatic rings. The fourth-order valence-corrected chi connectivity index (χ4v) is 0.931. The second-order valence-electron chi connectivity index (χ2n) is 2.24. The average Bonchev–Trinajstić information content (AvgIpc) is 1.95. The Morgan fingerprint density at radius 1 is 1.50 bits per heavy atom. The van der Waals surface area contributed by atoms with Crippen molar-refractivity contribution >= 4 is 12.6 Å². The zero-order chi connectivity index (χ0) is 7.56. The monoisotopic (exact) mass is 156 g/mol. The number of aryl methyl sites for hydroxylation is 1. The maximum absolute atomic E-state index is 12.7. The van der Waals surface area contributed by atoms with E-state index in [1.165, 1.54) is 6.07 Å². The van der Waals surface area contributed by atoms with E-state index in [0.29, 0.717) is 11.3 Å². The molecule has 0 bridgehead atoms. The molecule has 0 heterocycles. The highest BCUT2D eigenvalue weighted by atomic mass is 32.1. The summed E-state index contributed by atoms with van der Waals surface area (Å²) < 4.78 is 12.7.